The first kappa shape index (κ1) is 23.1. The van der Waals surface area contributed by atoms with Gasteiger partial charge in [0, 0.05) is 21.7 Å². The number of ether oxygens (including phenoxy) is 2. The molecular weight excluding hydrogens is 452 g/mol. The molecule has 0 aliphatic carbocycles. The van der Waals surface area contributed by atoms with E-state index >= 15 is 0 Å². The van der Waals surface area contributed by atoms with Crippen molar-refractivity contribution < 1.29 is 14.3 Å². The van der Waals surface area contributed by atoms with Crippen molar-refractivity contribution in [1.29, 1.82) is 0 Å². The van der Waals surface area contributed by atoms with Crippen LogP contribution in [0.1, 0.15) is 28.5 Å². The predicted octanol–water partition coefficient (Wildman–Crippen LogP) is 5.47. The third-order valence-electron chi connectivity index (χ3n) is 4.91. The summed E-state index contributed by atoms with van der Waals surface area (Å²) in [7, 11) is 0. The van der Waals surface area contributed by atoms with E-state index in [0.717, 1.165) is 16.7 Å². The van der Waals surface area contributed by atoms with E-state index < -0.39 is 5.91 Å². The lowest BCUT2D eigenvalue weighted by atomic mass is 10.1. The maximum Gasteiger partial charge on any atom is 0.289 e. The first-order valence-corrected chi connectivity index (χ1v) is 11.1. The minimum Gasteiger partial charge on any atom is -0.493 e. The molecule has 0 unspecified atom stereocenters. The van der Waals surface area contributed by atoms with Gasteiger partial charge in [0.05, 0.1) is 18.5 Å². The molecule has 7 nitrogen and oxygen atoms in total. The number of para-hydroxylation sites is 1. The van der Waals surface area contributed by atoms with Crippen LogP contribution in [-0.4, -0.2) is 28.9 Å². The number of carbonyl (C=O) groups is 1. The van der Waals surface area contributed by atoms with Gasteiger partial charge >= 0.3 is 0 Å². The number of aromatic amines is 1. The molecule has 1 heterocycles. The van der Waals surface area contributed by atoms with E-state index in [1.807, 2.05) is 79.7 Å². The highest BCUT2D eigenvalue weighted by atomic mass is 35.5. The number of hydrazone groups is 1. The Labute approximate surface area is 202 Å². The lowest BCUT2D eigenvalue weighted by Crippen LogP contribution is -2.18. The van der Waals surface area contributed by atoms with Gasteiger partial charge in [-0.05, 0) is 55.5 Å². The monoisotopic (exact) mass is 474 g/mol. The van der Waals surface area contributed by atoms with Crippen molar-refractivity contribution in [3.8, 4) is 22.8 Å². The minimum absolute atomic E-state index is 0.296. The van der Waals surface area contributed by atoms with Crippen LogP contribution in [0.25, 0.3) is 11.3 Å². The summed E-state index contributed by atoms with van der Waals surface area (Å²) in [6.07, 6.45) is 1.54. The lowest BCUT2D eigenvalue weighted by Gasteiger charge is -2.08. The average molecular weight is 475 g/mol. The summed E-state index contributed by atoms with van der Waals surface area (Å²) >= 11 is 6.17. The van der Waals surface area contributed by atoms with Gasteiger partial charge in [-0.1, -0.05) is 41.9 Å². The molecule has 0 radical (unpaired) electrons. The lowest BCUT2D eigenvalue weighted by molar-refractivity contribution is 0.0950. The van der Waals surface area contributed by atoms with Gasteiger partial charge in [-0.3, -0.25) is 9.89 Å². The first-order valence-electron chi connectivity index (χ1n) is 10.7. The third kappa shape index (κ3) is 5.82. The smallest absolute Gasteiger partial charge is 0.289 e. The van der Waals surface area contributed by atoms with Crippen LogP contribution in [0.15, 0.2) is 84.0 Å². The summed E-state index contributed by atoms with van der Waals surface area (Å²) in [5, 5.41) is 11.7. The van der Waals surface area contributed by atoms with E-state index in [1.165, 1.54) is 0 Å². The number of carbonyl (C=O) groups excluding carboxylic acids is 1. The van der Waals surface area contributed by atoms with E-state index in [1.54, 1.807) is 12.3 Å². The average Bonchev–Trinajstić information content (AvgIpc) is 3.36. The summed E-state index contributed by atoms with van der Waals surface area (Å²) in [6.45, 7) is 2.83. The summed E-state index contributed by atoms with van der Waals surface area (Å²) in [5.41, 5.74) is 5.96. The Kier molecular flexibility index (Phi) is 7.57. The molecule has 4 rings (SSSR count). The molecule has 2 N–H and O–H groups in total. The molecule has 1 amide bonds. The maximum atomic E-state index is 12.4. The van der Waals surface area contributed by atoms with Crippen LogP contribution in [0.3, 0.4) is 0 Å². The van der Waals surface area contributed by atoms with Crippen molar-refractivity contribution in [1.82, 2.24) is 15.6 Å². The van der Waals surface area contributed by atoms with Crippen molar-refractivity contribution in [2.75, 3.05) is 6.61 Å². The first-order chi connectivity index (χ1) is 16.6. The second-order valence-corrected chi connectivity index (χ2v) is 7.65. The number of hydrogen-bond acceptors (Lipinski definition) is 5. The molecule has 0 atom stereocenters. The van der Waals surface area contributed by atoms with Gasteiger partial charge in [-0.2, -0.15) is 10.2 Å². The summed E-state index contributed by atoms with van der Waals surface area (Å²) < 4.78 is 11.4. The number of aromatic nitrogens is 2. The molecule has 0 aliphatic heterocycles. The zero-order chi connectivity index (χ0) is 23.8. The zero-order valence-corrected chi connectivity index (χ0v) is 19.3. The Balaban J connectivity index is 1.35. The molecule has 0 spiro atoms. The minimum atomic E-state index is -0.399. The van der Waals surface area contributed by atoms with E-state index in [9.17, 15) is 4.79 Å². The fraction of sp³-hybridized carbons (Fsp3) is 0.115. The molecule has 1 aromatic heterocycles. The maximum absolute atomic E-state index is 12.4. The van der Waals surface area contributed by atoms with Crippen molar-refractivity contribution in [2.24, 2.45) is 5.10 Å². The van der Waals surface area contributed by atoms with E-state index in [2.05, 4.69) is 20.7 Å². The van der Waals surface area contributed by atoms with E-state index in [-0.39, 0.29) is 0 Å². The van der Waals surface area contributed by atoms with Gasteiger partial charge in [0.2, 0.25) is 0 Å². The number of hydrogen-bond donors (Lipinski definition) is 2. The molecule has 0 aliphatic rings. The van der Waals surface area contributed by atoms with Gasteiger partial charge < -0.3 is 9.47 Å². The molecular formula is C26H23ClN4O3. The van der Waals surface area contributed by atoms with Crippen LogP contribution in [0.2, 0.25) is 5.02 Å². The standard InChI is InChI=1S/C26H23ClN4O3/c1-2-33-25-10-6-4-7-19(25)16-28-31-26(32)24-15-23(29-30-24)18-11-13-21(14-12-18)34-17-20-8-3-5-9-22(20)27/h3-16H,2,17H2,1H3,(H,29,30)(H,31,32)/b28-16-. The second-order valence-electron chi connectivity index (χ2n) is 7.24. The van der Waals surface area contributed by atoms with Crippen molar-refractivity contribution in [3.05, 3.63) is 101 Å². The molecule has 4 aromatic rings. The van der Waals surface area contributed by atoms with Crippen LogP contribution < -0.4 is 14.9 Å². The van der Waals surface area contributed by atoms with Crippen LogP contribution in [-0.2, 0) is 6.61 Å². The number of H-pyrrole nitrogens is 1. The van der Waals surface area contributed by atoms with Gasteiger partial charge in [0.25, 0.3) is 5.91 Å². The number of benzene rings is 3. The third-order valence-corrected chi connectivity index (χ3v) is 5.28. The Morgan fingerprint density at radius 2 is 1.82 bits per heavy atom. The molecule has 172 valence electrons. The number of nitrogens with one attached hydrogen (secondary N) is 2. The van der Waals surface area contributed by atoms with Gasteiger partial charge in [-0.15, -0.1) is 0 Å². The number of nitrogens with zero attached hydrogens (tertiary/aromatic N) is 2. The number of rotatable bonds is 9. The van der Waals surface area contributed by atoms with E-state index in [0.29, 0.717) is 41.1 Å². The molecule has 0 saturated carbocycles. The Hall–Kier alpha value is -4.10. The molecule has 3 aromatic carbocycles. The van der Waals surface area contributed by atoms with Crippen LogP contribution in [0.4, 0.5) is 0 Å². The highest BCUT2D eigenvalue weighted by Gasteiger charge is 2.11. The normalized spacial score (nSPS) is 10.9. The van der Waals surface area contributed by atoms with E-state index in [4.69, 9.17) is 21.1 Å². The highest BCUT2D eigenvalue weighted by molar-refractivity contribution is 6.31. The number of halogens is 1. The largest absolute Gasteiger partial charge is 0.493 e. The van der Waals surface area contributed by atoms with Crippen LogP contribution >= 0.6 is 11.6 Å². The fourth-order valence-electron chi connectivity index (χ4n) is 3.18. The van der Waals surface area contributed by atoms with Crippen LogP contribution in [0, 0.1) is 0 Å². The Bertz CT molecular complexity index is 1290. The quantitative estimate of drug-likeness (QED) is 0.248. The Morgan fingerprint density at radius 3 is 2.62 bits per heavy atom. The highest BCUT2D eigenvalue weighted by Crippen LogP contribution is 2.23. The number of amides is 1. The molecule has 0 saturated heterocycles. The fourth-order valence-corrected chi connectivity index (χ4v) is 3.37. The molecule has 34 heavy (non-hydrogen) atoms. The topological polar surface area (TPSA) is 88.6 Å². The Morgan fingerprint density at radius 1 is 1.06 bits per heavy atom. The van der Waals surface area contributed by atoms with Crippen molar-refractivity contribution >= 4 is 23.7 Å². The second kappa shape index (κ2) is 11.2. The SMILES string of the molecule is CCOc1ccccc1/C=N\NC(=O)c1cc(-c2ccc(OCc3ccccc3Cl)cc2)n[nH]1. The predicted molar refractivity (Wildman–Crippen MR) is 132 cm³/mol. The zero-order valence-electron chi connectivity index (χ0n) is 18.5. The van der Waals surface area contributed by atoms with Crippen LogP contribution in [0.5, 0.6) is 11.5 Å². The van der Waals surface area contributed by atoms with Crippen molar-refractivity contribution in [2.45, 2.75) is 13.5 Å². The van der Waals surface area contributed by atoms with Crippen molar-refractivity contribution in [3.63, 3.8) is 0 Å². The van der Waals surface area contributed by atoms with Gasteiger partial charge in [-0.25, -0.2) is 5.43 Å². The molecule has 8 heteroatoms. The molecule has 0 fully saturated rings. The molecule has 0 bridgehead atoms. The summed E-state index contributed by atoms with van der Waals surface area (Å²) in [6, 6.07) is 24.1. The summed E-state index contributed by atoms with van der Waals surface area (Å²) in [4.78, 5) is 12.4. The van der Waals surface area contributed by atoms with Gasteiger partial charge in [0.15, 0.2) is 0 Å². The van der Waals surface area contributed by atoms with Gasteiger partial charge in [0.1, 0.15) is 23.8 Å². The summed E-state index contributed by atoms with van der Waals surface area (Å²) in [5.74, 6) is 1.01.